The van der Waals surface area contributed by atoms with Crippen LogP contribution in [-0.4, -0.2) is 36.5 Å². The van der Waals surface area contributed by atoms with Crippen molar-refractivity contribution in [1.29, 1.82) is 0 Å². The van der Waals surface area contributed by atoms with Crippen molar-refractivity contribution in [2.24, 2.45) is 5.92 Å². The molecule has 0 aromatic heterocycles. The van der Waals surface area contributed by atoms with Gasteiger partial charge in [-0.2, -0.15) is 0 Å². The van der Waals surface area contributed by atoms with E-state index in [4.69, 9.17) is 9.84 Å². The molecule has 7 heteroatoms. The molecule has 0 unspecified atom stereocenters. The molecule has 0 saturated heterocycles. The van der Waals surface area contributed by atoms with Crippen LogP contribution in [0.5, 0.6) is 0 Å². The van der Waals surface area contributed by atoms with Gasteiger partial charge in [-0.25, -0.2) is 4.79 Å². The van der Waals surface area contributed by atoms with Crippen LogP contribution in [0.15, 0.2) is 0 Å². The first kappa shape index (κ1) is 14.3. The normalized spacial score (nSPS) is 15.1. The highest BCUT2D eigenvalue weighted by molar-refractivity contribution is 5.76. The van der Waals surface area contributed by atoms with E-state index < -0.39 is 31.4 Å². The first-order valence-electron chi connectivity index (χ1n) is 5.86. The lowest BCUT2D eigenvalue weighted by Crippen LogP contribution is -2.30. The number of amides is 1. The third kappa shape index (κ3) is 6.07. The molecule has 0 atom stereocenters. The van der Waals surface area contributed by atoms with Gasteiger partial charge in [0.15, 0.2) is 0 Å². The molecule has 2 N–H and O–H groups in total. The van der Waals surface area contributed by atoms with Crippen molar-refractivity contribution in [3.05, 3.63) is 0 Å². The number of hydrogen-bond donors (Lipinski definition) is 2. The predicted molar refractivity (Wildman–Crippen MR) is 59.7 cm³/mol. The second-order valence-electron chi connectivity index (χ2n) is 4.17. The monoisotopic (exact) mass is 259 g/mol. The van der Waals surface area contributed by atoms with Crippen LogP contribution < -0.4 is 5.32 Å². The highest BCUT2D eigenvalue weighted by atomic mass is 16.7. The molecule has 0 heterocycles. The van der Waals surface area contributed by atoms with Gasteiger partial charge in [-0.05, 0) is 18.8 Å². The summed E-state index contributed by atoms with van der Waals surface area (Å²) < 4.78 is 9.18. The number of nitrogens with one attached hydrogen (secondary N) is 1. The smallest absolute Gasteiger partial charge is 0.410 e. The fraction of sp³-hybridized carbons (Fsp3) is 0.727. The van der Waals surface area contributed by atoms with Gasteiger partial charge in [0.25, 0.3) is 0 Å². The molecular weight excluding hydrogens is 242 g/mol. The molecule has 1 fully saturated rings. The summed E-state index contributed by atoms with van der Waals surface area (Å²) in [6, 6.07) is 0. The number of ether oxygens (including phenoxy) is 2. The maximum absolute atomic E-state index is 11.3. The van der Waals surface area contributed by atoms with Crippen LogP contribution >= 0.6 is 0 Å². The number of aliphatic carboxylic acids is 1. The fourth-order valence-electron chi connectivity index (χ4n) is 1.86. The van der Waals surface area contributed by atoms with Crippen LogP contribution in [0.25, 0.3) is 0 Å². The minimum atomic E-state index is -1.18. The summed E-state index contributed by atoms with van der Waals surface area (Å²) in [4.78, 5) is 32.3. The zero-order valence-electron chi connectivity index (χ0n) is 10.0. The van der Waals surface area contributed by atoms with E-state index in [9.17, 15) is 14.4 Å². The Morgan fingerprint density at radius 2 is 1.83 bits per heavy atom. The lowest BCUT2D eigenvalue weighted by Gasteiger charge is -2.09. The largest absolute Gasteiger partial charge is 0.480 e. The molecule has 0 aromatic rings. The van der Waals surface area contributed by atoms with Crippen molar-refractivity contribution >= 4 is 18.0 Å². The number of esters is 1. The van der Waals surface area contributed by atoms with Crippen molar-refractivity contribution in [2.75, 3.05) is 13.3 Å². The van der Waals surface area contributed by atoms with E-state index in [1.54, 1.807) is 0 Å². The second-order valence-corrected chi connectivity index (χ2v) is 4.17. The van der Waals surface area contributed by atoms with Gasteiger partial charge in [-0.1, -0.05) is 12.8 Å². The Bertz CT molecular complexity index is 311. The van der Waals surface area contributed by atoms with Gasteiger partial charge in [0.2, 0.25) is 6.79 Å². The van der Waals surface area contributed by atoms with Gasteiger partial charge in [0, 0.05) is 6.42 Å². The first-order valence-corrected chi connectivity index (χ1v) is 5.86. The first-order chi connectivity index (χ1) is 8.58. The molecule has 1 aliphatic carbocycles. The third-order valence-corrected chi connectivity index (χ3v) is 2.72. The maximum atomic E-state index is 11.3. The Morgan fingerprint density at radius 1 is 1.17 bits per heavy atom. The summed E-state index contributed by atoms with van der Waals surface area (Å²) in [5.74, 6) is -1.20. The molecule has 1 amide bonds. The fourth-order valence-corrected chi connectivity index (χ4v) is 1.86. The SMILES string of the molecule is O=C(O)CNC(=O)OCOC(=O)CC1CCCC1. The summed E-state index contributed by atoms with van der Waals surface area (Å²) >= 11 is 0. The Kier molecular flexibility index (Phi) is 5.96. The van der Waals surface area contributed by atoms with Crippen LogP contribution in [0.3, 0.4) is 0 Å². The lowest BCUT2D eigenvalue weighted by atomic mass is 10.1. The number of carboxylic acids is 1. The number of carbonyl (C=O) groups is 3. The summed E-state index contributed by atoms with van der Waals surface area (Å²) in [5, 5.41) is 10.3. The van der Waals surface area contributed by atoms with Gasteiger partial charge in [0.05, 0.1) is 0 Å². The molecule has 102 valence electrons. The average Bonchev–Trinajstić information content (AvgIpc) is 2.79. The highest BCUT2D eigenvalue weighted by Crippen LogP contribution is 2.27. The highest BCUT2D eigenvalue weighted by Gasteiger charge is 2.19. The van der Waals surface area contributed by atoms with E-state index in [2.05, 4.69) is 4.74 Å². The second kappa shape index (κ2) is 7.52. The van der Waals surface area contributed by atoms with E-state index in [-0.39, 0.29) is 0 Å². The Labute approximate surface area is 104 Å². The quantitative estimate of drug-likeness (QED) is 0.542. The van der Waals surface area contributed by atoms with Crippen LogP contribution in [0.1, 0.15) is 32.1 Å². The molecule has 1 aliphatic rings. The van der Waals surface area contributed by atoms with Crippen LogP contribution in [0.4, 0.5) is 4.79 Å². The van der Waals surface area contributed by atoms with Crippen LogP contribution in [0, 0.1) is 5.92 Å². The Hall–Kier alpha value is -1.79. The summed E-state index contributed by atoms with van der Waals surface area (Å²) in [7, 11) is 0. The summed E-state index contributed by atoms with van der Waals surface area (Å²) in [6.45, 7) is -1.02. The van der Waals surface area contributed by atoms with Gasteiger partial charge >= 0.3 is 18.0 Å². The van der Waals surface area contributed by atoms with Crippen molar-refractivity contribution < 1.29 is 29.0 Å². The average molecular weight is 259 g/mol. The van der Waals surface area contributed by atoms with Crippen LogP contribution in [-0.2, 0) is 19.1 Å². The van der Waals surface area contributed by atoms with Crippen LogP contribution in [0.2, 0.25) is 0 Å². The van der Waals surface area contributed by atoms with Gasteiger partial charge in [-0.15, -0.1) is 0 Å². The molecule has 0 aromatic carbocycles. The number of carboxylic acid groups (broad SMARTS) is 1. The number of rotatable bonds is 6. The number of alkyl carbamates (subject to hydrolysis) is 1. The van der Waals surface area contributed by atoms with Gasteiger partial charge in [-0.3, -0.25) is 9.59 Å². The number of carbonyl (C=O) groups excluding carboxylic acids is 2. The molecular formula is C11H17NO6. The molecule has 0 radical (unpaired) electrons. The molecule has 0 aliphatic heterocycles. The molecule has 0 bridgehead atoms. The minimum absolute atomic E-state index is 0.347. The topological polar surface area (TPSA) is 102 Å². The van der Waals surface area contributed by atoms with Crippen molar-refractivity contribution in [3.8, 4) is 0 Å². The van der Waals surface area contributed by atoms with Crippen molar-refractivity contribution in [1.82, 2.24) is 5.32 Å². The van der Waals surface area contributed by atoms with E-state index in [0.29, 0.717) is 12.3 Å². The van der Waals surface area contributed by atoms with E-state index in [1.165, 1.54) is 0 Å². The maximum Gasteiger partial charge on any atom is 0.410 e. The van der Waals surface area contributed by atoms with Gasteiger partial charge in [0.1, 0.15) is 6.54 Å². The number of hydrogen-bond acceptors (Lipinski definition) is 5. The Morgan fingerprint density at radius 3 is 2.44 bits per heavy atom. The third-order valence-electron chi connectivity index (χ3n) is 2.72. The summed E-state index contributed by atoms with van der Waals surface area (Å²) in [6.07, 6.45) is 3.79. The minimum Gasteiger partial charge on any atom is -0.480 e. The molecule has 7 nitrogen and oxygen atoms in total. The van der Waals surface area contributed by atoms with E-state index in [0.717, 1.165) is 25.7 Å². The summed E-state index contributed by atoms with van der Waals surface area (Å²) in [5.41, 5.74) is 0. The molecule has 0 spiro atoms. The standard InChI is InChI=1S/C11H17NO6/c13-9(14)6-12-11(16)18-7-17-10(15)5-8-3-1-2-4-8/h8H,1-7H2,(H,12,16)(H,13,14). The van der Waals surface area contributed by atoms with Gasteiger partial charge < -0.3 is 19.9 Å². The molecule has 1 saturated carbocycles. The Balaban J connectivity index is 2.03. The molecule has 1 rings (SSSR count). The zero-order valence-corrected chi connectivity index (χ0v) is 10.0. The van der Waals surface area contributed by atoms with Crippen molar-refractivity contribution in [3.63, 3.8) is 0 Å². The lowest BCUT2D eigenvalue weighted by molar-refractivity contribution is -0.153. The van der Waals surface area contributed by atoms with E-state index >= 15 is 0 Å². The predicted octanol–water partition coefficient (Wildman–Crippen LogP) is 0.878. The zero-order chi connectivity index (χ0) is 13.4. The van der Waals surface area contributed by atoms with E-state index in [1.807, 2.05) is 5.32 Å². The molecule has 18 heavy (non-hydrogen) atoms. The van der Waals surface area contributed by atoms with Crippen molar-refractivity contribution in [2.45, 2.75) is 32.1 Å².